The zero-order valence-corrected chi connectivity index (χ0v) is 16.0. The molecule has 2 N–H and O–H groups in total. The quantitative estimate of drug-likeness (QED) is 0.453. The third-order valence-corrected chi connectivity index (χ3v) is 5.20. The second kappa shape index (κ2) is 8.86. The van der Waals surface area contributed by atoms with Gasteiger partial charge in [0.15, 0.2) is 5.96 Å². The Morgan fingerprint density at radius 2 is 1.91 bits per heavy atom. The first-order valence-electron chi connectivity index (χ1n) is 7.75. The molecule has 1 unspecified atom stereocenters. The molecule has 0 spiro atoms. The molecule has 2 aliphatic rings. The molecule has 2 saturated heterocycles. The largest absolute Gasteiger partial charge is 0.371 e. The number of halogens is 1. The fourth-order valence-electron chi connectivity index (χ4n) is 2.97. The highest BCUT2D eigenvalue weighted by atomic mass is 127. The van der Waals surface area contributed by atoms with Gasteiger partial charge in [0.25, 0.3) is 0 Å². The van der Waals surface area contributed by atoms with Gasteiger partial charge in [-0.05, 0) is 24.5 Å². The standard InChI is InChI=1S/C16H24N4S.HI/c17-16(19-8-10-21-11-9-19)18-12-14-6-7-20(13-14)15-4-2-1-3-5-15;/h1-5,14H,6-13H2,(H2,17,18);1H. The summed E-state index contributed by atoms with van der Waals surface area (Å²) in [6.07, 6.45) is 1.21. The number of hydrogen-bond acceptors (Lipinski definition) is 3. The van der Waals surface area contributed by atoms with Crippen molar-refractivity contribution in [3.63, 3.8) is 0 Å². The van der Waals surface area contributed by atoms with E-state index in [1.54, 1.807) is 0 Å². The van der Waals surface area contributed by atoms with E-state index >= 15 is 0 Å². The van der Waals surface area contributed by atoms with Crippen LogP contribution in [-0.2, 0) is 0 Å². The van der Waals surface area contributed by atoms with Gasteiger partial charge in [-0.1, -0.05) is 18.2 Å². The van der Waals surface area contributed by atoms with Gasteiger partial charge in [-0.25, -0.2) is 0 Å². The maximum Gasteiger partial charge on any atom is 0.191 e. The van der Waals surface area contributed by atoms with Crippen LogP contribution in [0.5, 0.6) is 0 Å². The second-order valence-corrected chi connectivity index (χ2v) is 6.96. The van der Waals surface area contributed by atoms with Crippen LogP contribution in [0.25, 0.3) is 0 Å². The highest BCUT2D eigenvalue weighted by Gasteiger charge is 2.22. The second-order valence-electron chi connectivity index (χ2n) is 5.73. The lowest BCUT2D eigenvalue weighted by molar-refractivity contribution is 0.452. The zero-order chi connectivity index (χ0) is 14.5. The molecule has 0 aliphatic carbocycles. The first kappa shape index (κ1) is 17.7. The average Bonchev–Trinajstić information content (AvgIpc) is 3.03. The summed E-state index contributed by atoms with van der Waals surface area (Å²) in [7, 11) is 0. The van der Waals surface area contributed by atoms with Crippen molar-refractivity contribution in [3.8, 4) is 0 Å². The molecule has 0 aromatic heterocycles. The van der Waals surface area contributed by atoms with Crippen molar-refractivity contribution in [3.05, 3.63) is 30.3 Å². The fourth-order valence-corrected chi connectivity index (χ4v) is 3.87. The summed E-state index contributed by atoms with van der Waals surface area (Å²) in [6.45, 7) is 5.17. The van der Waals surface area contributed by atoms with Crippen molar-refractivity contribution in [2.75, 3.05) is 49.1 Å². The van der Waals surface area contributed by atoms with E-state index in [0.29, 0.717) is 5.92 Å². The number of benzene rings is 1. The van der Waals surface area contributed by atoms with Crippen LogP contribution in [0, 0.1) is 5.92 Å². The summed E-state index contributed by atoms with van der Waals surface area (Å²) in [5, 5.41) is 0. The van der Waals surface area contributed by atoms with Crippen molar-refractivity contribution in [2.45, 2.75) is 6.42 Å². The first-order chi connectivity index (χ1) is 10.3. The Kier molecular flexibility index (Phi) is 7.14. The summed E-state index contributed by atoms with van der Waals surface area (Å²) in [6, 6.07) is 10.6. The van der Waals surface area contributed by atoms with Crippen LogP contribution >= 0.6 is 35.7 Å². The number of nitrogens with two attached hydrogens (primary N) is 1. The molecule has 2 aliphatic heterocycles. The molecule has 2 heterocycles. The summed E-state index contributed by atoms with van der Waals surface area (Å²) >= 11 is 2.00. The van der Waals surface area contributed by atoms with Gasteiger partial charge in [0, 0.05) is 49.9 Å². The van der Waals surface area contributed by atoms with Crippen LogP contribution in [0.2, 0.25) is 0 Å². The van der Waals surface area contributed by atoms with E-state index in [4.69, 9.17) is 5.73 Å². The molecule has 0 saturated carbocycles. The van der Waals surface area contributed by atoms with Gasteiger partial charge in [0.1, 0.15) is 0 Å². The number of guanidine groups is 1. The molecule has 1 aromatic rings. The first-order valence-corrected chi connectivity index (χ1v) is 8.91. The maximum absolute atomic E-state index is 6.13. The van der Waals surface area contributed by atoms with Gasteiger partial charge >= 0.3 is 0 Å². The predicted molar refractivity (Wildman–Crippen MR) is 108 cm³/mol. The average molecular weight is 432 g/mol. The number of nitrogens with zero attached hydrogens (tertiary/aromatic N) is 3. The van der Waals surface area contributed by atoms with Gasteiger partial charge in [0.2, 0.25) is 0 Å². The number of rotatable bonds is 3. The number of para-hydroxylation sites is 1. The van der Waals surface area contributed by atoms with E-state index < -0.39 is 0 Å². The Morgan fingerprint density at radius 1 is 1.18 bits per heavy atom. The highest BCUT2D eigenvalue weighted by molar-refractivity contribution is 14.0. The van der Waals surface area contributed by atoms with E-state index in [1.807, 2.05) is 11.8 Å². The topological polar surface area (TPSA) is 44.9 Å². The normalized spacial score (nSPS) is 22.5. The lowest BCUT2D eigenvalue weighted by Gasteiger charge is -2.27. The van der Waals surface area contributed by atoms with Crippen molar-refractivity contribution in [1.82, 2.24) is 4.90 Å². The molecule has 22 heavy (non-hydrogen) atoms. The van der Waals surface area contributed by atoms with E-state index in [-0.39, 0.29) is 24.0 Å². The predicted octanol–water partition coefficient (Wildman–Crippen LogP) is 2.49. The van der Waals surface area contributed by atoms with Crippen molar-refractivity contribution >= 4 is 47.4 Å². The van der Waals surface area contributed by atoms with Crippen LogP contribution in [0.3, 0.4) is 0 Å². The molecular weight excluding hydrogens is 407 g/mol. The summed E-state index contributed by atoms with van der Waals surface area (Å²) in [5.74, 6) is 3.71. The molecule has 2 fully saturated rings. The lowest BCUT2D eigenvalue weighted by atomic mass is 10.1. The Morgan fingerprint density at radius 3 is 2.64 bits per heavy atom. The summed E-state index contributed by atoms with van der Waals surface area (Å²) in [4.78, 5) is 9.32. The number of aliphatic imine (C=N–C) groups is 1. The molecule has 0 bridgehead atoms. The zero-order valence-electron chi connectivity index (χ0n) is 12.9. The minimum atomic E-state index is 0. The molecule has 6 heteroatoms. The minimum Gasteiger partial charge on any atom is -0.371 e. The van der Waals surface area contributed by atoms with Crippen LogP contribution in [0.4, 0.5) is 5.69 Å². The highest BCUT2D eigenvalue weighted by Crippen LogP contribution is 2.23. The monoisotopic (exact) mass is 432 g/mol. The summed E-state index contributed by atoms with van der Waals surface area (Å²) < 4.78 is 0. The summed E-state index contributed by atoms with van der Waals surface area (Å²) in [5.41, 5.74) is 7.45. The number of anilines is 1. The van der Waals surface area contributed by atoms with Gasteiger partial charge in [0.05, 0.1) is 0 Å². The Labute approximate surface area is 154 Å². The van der Waals surface area contributed by atoms with Crippen LogP contribution in [-0.4, -0.2) is 55.1 Å². The van der Waals surface area contributed by atoms with Crippen molar-refractivity contribution in [2.24, 2.45) is 16.6 Å². The van der Waals surface area contributed by atoms with Gasteiger partial charge < -0.3 is 15.5 Å². The Hall–Kier alpha value is -0.630. The third-order valence-electron chi connectivity index (χ3n) is 4.25. The van der Waals surface area contributed by atoms with Crippen LogP contribution in [0.1, 0.15) is 6.42 Å². The van der Waals surface area contributed by atoms with E-state index in [0.717, 1.165) is 38.7 Å². The molecule has 1 atom stereocenters. The van der Waals surface area contributed by atoms with E-state index in [9.17, 15) is 0 Å². The van der Waals surface area contributed by atoms with Crippen LogP contribution in [0.15, 0.2) is 35.3 Å². The smallest absolute Gasteiger partial charge is 0.191 e. The van der Waals surface area contributed by atoms with E-state index in [1.165, 1.54) is 23.6 Å². The van der Waals surface area contributed by atoms with Crippen molar-refractivity contribution in [1.29, 1.82) is 0 Å². The van der Waals surface area contributed by atoms with Crippen molar-refractivity contribution < 1.29 is 0 Å². The SMILES string of the molecule is I.NC(=NCC1CCN(c2ccccc2)C1)N1CCSCC1. The van der Waals surface area contributed by atoms with Crippen LogP contribution < -0.4 is 10.6 Å². The Bertz CT molecular complexity index is 476. The van der Waals surface area contributed by atoms with Gasteiger partial charge in [-0.2, -0.15) is 11.8 Å². The molecular formula is C16H25IN4S. The molecule has 1 aromatic carbocycles. The molecule has 3 rings (SSSR count). The van der Waals surface area contributed by atoms with Gasteiger partial charge in [-0.3, -0.25) is 4.99 Å². The Balaban J connectivity index is 0.00000176. The van der Waals surface area contributed by atoms with Gasteiger partial charge in [-0.15, -0.1) is 24.0 Å². The number of thioether (sulfide) groups is 1. The maximum atomic E-state index is 6.13. The molecule has 122 valence electrons. The molecule has 0 radical (unpaired) electrons. The van der Waals surface area contributed by atoms with E-state index in [2.05, 4.69) is 45.1 Å². The fraction of sp³-hybridized carbons (Fsp3) is 0.562. The number of hydrogen-bond donors (Lipinski definition) is 1. The third kappa shape index (κ3) is 4.68. The minimum absolute atomic E-state index is 0. The molecule has 0 amide bonds. The lowest BCUT2D eigenvalue weighted by Crippen LogP contribution is -2.43. The molecule has 4 nitrogen and oxygen atoms in total.